The quantitative estimate of drug-likeness (QED) is 0.223. The molecule has 1 aromatic carbocycles. The second-order valence-electron chi connectivity index (χ2n) is 8.60. The molecule has 0 radical (unpaired) electrons. The summed E-state index contributed by atoms with van der Waals surface area (Å²) in [6, 6.07) is 0. The molecule has 0 aliphatic carbocycles. The van der Waals surface area contributed by atoms with Crippen LogP contribution in [0.5, 0.6) is 11.5 Å². The molecule has 2 atom stereocenters. The van der Waals surface area contributed by atoms with Crippen molar-refractivity contribution in [1.82, 2.24) is 0 Å². The van der Waals surface area contributed by atoms with Crippen LogP contribution in [0.3, 0.4) is 0 Å². The fourth-order valence-corrected chi connectivity index (χ4v) is 3.99. The molecule has 0 saturated heterocycles. The van der Waals surface area contributed by atoms with Gasteiger partial charge in [0.05, 0.1) is 5.95 Å². The minimum Gasteiger partial charge on any atom is -0.545 e. The normalized spacial score (nSPS) is 19.2. The van der Waals surface area contributed by atoms with Gasteiger partial charge >= 0.3 is 0 Å². The molecular weight excluding hydrogens is 368 g/mol. The van der Waals surface area contributed by atoms with Crippen molar-refractivity contribution in [3.63, 3.8) is 0 Å². The molecule has 1 heterocycles. The average molecular weight is 406 g/mol. The van der Waals surface area contributed by atoms with Crippen LogP contribution >= 0.6 is 0 Å². The van der Waals surface area contributed by atoms with Crippen molar-refractivity contribution in [3.8, 4) is 11.5 Å². The summed E-state index contributed by atoms with van der Waals surface area (Å²) in [5.74, 6) is 1.97. The van der Waals surface area contributed by atoms with Gasteiger partial charge in [-0.05, 0) is 76.0 Å². The van der Waals surface area contributed by atoms with E-state index in [0.717, 1.165) is 53.4 Å². The topological polar surface area (TPSA) is 60.0 Å². The van der Waals surface area contributed by atoms with E-state index in [4.69, 9.17) is 14.4 Å². The molecule has 164 valence electrons. The average Bonchev–Trinajstić information content (AvgIpc) is 2.67. The Hall–Kier alpha value is -1.88. The molecule has 1 aromatic rings. The van der Waals surface area contributed by atoms with E-state index in [1.165, 1.54) is 24.8 Å². The Labute approximate surface area is 175 Å². The van der Waals surface area contributed by atoms with Crippen LogP contribution in [0.2, 0.25) is 0 Å². The van der Waals surface area contributed by atoms with Crippen LogP contribution < -0.4 is 14.6 Å². The van der Waals surface area contributed by atoms with Gasteiger partial charge in [0.25, 0.3) is 0 Å². The Morgan fingerprint density at radius 1 is 1.21 bits per heavy atom. The van der Waals surface area contributed by atoms with Crippen molar-refractivity contribution in [2.75, 3.05) is 13.2 Å². The third kappa shape index (κ3) is 6.05. The maximum absolute atomic E-state index is 10.6. The van der Waals surface area contributed by atoms with Crippen LogP contribution in [0.15, 0.2) is 12.5 Å². The van der Waals surface area contributed by atoms with Crippen LogP contribution in [0.1, 0.15) is 75.1 Å². The summed E-state index contributed by atoms with van der Waals surface area (Å²) in [6.45, 7) is 16.6. The third-order valence-electron chi connectivity index (χ3n) is 6.23. The highest BCUT2D eigenvalue weighted by Crippen LogP contribution is 2.45. The summed E-state index contributed by atoms with van der Waals surface area (Å²) in [4.78, 5) is 9.15. The van der Waals surface area contributed by atoms with E-state index in [0.29, 0.717) is 6.61 Å². The Balaban J connectivity index is 2.08. The minimum atomic E-state index is -0.716. The van der Waals surface area contributed by atoms with Crippen molar-refractivity contribution in [3.05, 3.63) is 34.8 Å². The molecule has 1 aliphatic heterocycles. The highest BCUT2D eigenvalue weighted by atomic mass is 17.2. The zero-order valence-electron chi connectivity index (χ0n) is 19.0. The summed E-state index contributed by atoms with van der Waals surface area (Å²) >= 11 is 0. The molecule has 5 nitrogen and oxygen atoms in total. The van der Waals surface area contributed by atoms with E-state index in [1.807, 2.05) is 0 Å². The fraction of sp³-hybridized carbons (Fsp3) is 0.667. The first-order valence-electron chi connectivity index (χ1n) is 10.8. The molecule has 0 saturated carbocycles. The van der Waals surface area contributed by atoms with Gasteiger partial charge in [-0.2, -0.15) is 0 Å². The van der Waals surface area contributed by atoms with Gasteiger partial charge < -0.3 is 19.5 Å². The van der Waals surface area contributed by atoms with E-state index in [9.17, 15) is 5.11 Å². The Kier molecular flexibility index (Phi) is 8.26. The van der Waals surface area contributed by atoms with Gasteiger partial charge in [0, 0.05) is 5.56 Å². The highest BCUT2D eigenvalue weighted by Gasteiger charge is 2.34. The predicted molar refractivity (Wildman–Crippen MR) is 113 cm³/mol. The summed E-state index contributed by atoms with van der Waals surface area (Å²) in [7, 11) is 0. The van der Waals surface area contributed by atoms with Crippen LogP contribution in [0.25, 0.3) is 0 Å². The number of hydrogen-bond donors (Lipinski definition) is 0. The van der Waals surface area contributed by atoms with Crippen molar-refractivity contribution >= 4 is 0 Å². The molecule has 0 bridgehead atoms. The number of benzene rings is 1. The van der Waals surface area contributed by atoms with Crippen molar-refractivity contribution < 1.29 is 24.4 Å². The van der Waals surface area contributed by atoms with E-state index in [-0.39, 0.29) is 12.2 Å². The maximum atomic E-state index is 10.6. The molecule has 2 unspecified atom stereocenters. The van der Waals surface area contributed by atoms with Crippen LogP contribution in [0, 0.1) is 26.7 Å². The van der Waals surface area contributed by atoms with Gasteiger partial charge in [0.15, 0.2) is 0 Å². The minimum absolute atomic E-state index is 0.0988. The lowest BCUT2D eigenvalue weighted by atomic mass is 9.84. The largest absolute Gasteiger partial charge is 0.545 e. The van der Waals surface area contributed by atoms with Crippen molar-refractivity contribution in [2.24, 2.45) is 5.92 Å². The van der Waals surface area contributed by atoms with Gasteiger partial charge in [0.1, 0.15) is 30.3 Å². The van der Waals surface area contributed by atoms with E-state index < -0.39 is 5.95 Å². The second kappa shape index (κ2) is 10.2. The van der Waals surface area contributed by atoms with E-state index >= 15 is 0 Å². The van der Waals surface area contributed by atoms with Crippen molar-refractivity contribution in [1.29, 1.82) is 0 Å². The number of hydrogen-bond acceptors (Lipinski definition) is 5. The number of ether oxygens (including phenoxy) is 2. The maximum Gasteiger partial charge on any atom is 0.127 e. The van der Waals surface area contributed by atoms with E-state index in [1.54, 1.807) is 0 Å². The van der Waals surface area contributed by atoms with Gasteiger partial charge in [-0.1, -0.05) is 33.3 Å². The zero-order chi connectivity index (χ0) is 21.6. The molecule has 0 spiro atoms. The Bertz CT molecular complexity index is 712. The third-order valence-corrected chi connectivity index (χ3v) is 6.23. The molecule has 0 aromatic heterocycles. The Morgan fingerprint density at radius 3 is 2.59 bits per heavy atom. The van der Waals surface area contributed by atoms with Gasteiger partial charge in [-0.3, -0.25) is 4.89 Å². The SMILES string of the molecule is C=C([O-])OOCCOc1c(C)c(C)c2c(c1C)CCC(C)(CCCC(C)CC)O2. The first-order valence-corrected chi connectivity index (χ1v) is 10.8. The molecular formula is C24H37O5-. The standard InChI is InChI=1S/C24H38O5/c1-8-16(2)10-9-12-24(7)13-11-21-19(5)22(17(3)18(4)23(21)28-24)26-14-15-27-29-20(6)25/h16,25H,6,8-15H2,1-5,7H3/p-1. The highest BCUT2D eigenvalue weighted by molar-refractivity contribution is 5.59. The second-order valence-corrected chi connectivity index (χ2v) is 8.60. The first kappa shape index (κ1) is 23.4. The fourth-order valence-electron chi connectivity index (χ4n) is 3.99. The molecule has 0 amide bonds. The molecule has 0 fully saturated rings. The van der Waals surface area contributed by atoms with Gasteiger partial charge in [-0.15, -0.1) is 0 Å². The number of rotatable bonds is 11. The monoisotopic (exact) mass is 405 g/mol. The van der Waals surface area contributed by atoms with Gasteiger partial charge in [0.2, 0.25) is 0 Å². The predicted octanol–water partition coefficient (Wildman–Crippen LogP) is 5.07. The summed E-state index contributed by atoms with van der Waals surface area (Å²) in [6.07, 6.45) is 6.81. The van der Waals surface area contributed by atoms with Crippen LogP contribution in [-0.2, 0) is 16.2 Å². The van der Waals surface area contributed by atoms with Crippen molar-refractivity contribution in [2.45, 2.75) is 85.7 Å². The van der Waals surface area contributed by atoms with Crippen LogP contribution in [-0.4, -0.2) is 18.8 Å². The number of fused-ring (bicyclic) bond motifs is 1. The lowest BCUT2D eigenvalue weighted by Gasteiger charge is -2.38. The smallest absolute Gasteiger partial charge is 0.127 e. The summed E-state index contributed by atoms with van der Waals surface area (Å²) < 4.78 is 12.6. The molecule has 2 rings (SSSR count). The van der Waals surface area contributed by atoms with E-state index in [2.05, 4.69) is 53.0 Å². The molecule has 29 heavy (non-hydrogen) atoms. The lowest BCUT2D eigenvalue weighted by Crippen LogP contribution is -2.37. The molecule has 5 heteroatoms. The summed E-state index contributed by atoms with van der Waals surface area (Å²) in [5, 5.41) is 10.6. The summed E-state index contributed by atoms with van der Waals surface area (Å²) in [5.41, 5.74) is 4.49. The molecule has 1 aliphatic rings. The van der Waals surface area contributed by atoms with Crippen LogP contribution in [0.4, 0.5) is 0 Å². The Morgan fingerprint density at radius 2 is 1.93 bits per heavy atom. The molecule has 0 N–H and O–H groups in total. The lowest BCUT2D eigenvalue weighted by molar-refractivity contribution is -0.434. The van der Waals surface area contributed by atoms with Gasteiger partial charge in [-0.25, -0.2) is 0 Å². The first-order chi connectivity index (χ1) is 13.7. The zero-order valence-corrected chi connectivity index (χ0v) is 19.0.